The van der Waals surface area contributed by atoms with Gasteiger partial charge in [0, 0.05) is 24.0 Å². The summed E-state index contributed by atoms with van der Waals surface area (Å²) in [6, 6.07) is 5.63. The van der Waals surface area contributed by atoms with Gasteiger partial charge in [-0.05, 0) is 50.2 Å². The number of carbonyl (C=O) groups is 1. The number of likely N-dealkylation sites (tertiary alicyclic amines) is 1. The number of fused-ring (bicyclic) bond motifs is 1. The van der Waals surface area contributed by atoms with Crippen molar-refractivity contribution in [2.24, 2.45) is 0 Å². The molecule has 1 aliphatic heterocycles. The van der Waals surface area contributed by atoms with Crippen LogP contribution >= 0.6 is 12.2 Å². The zero-order valence-corrected chi connectivity index (χ0v) is 16.1. The number of aromatic amines is 1. The van der Waals surface area contributed by atoms with Gasteiger partial charge in [-0.2, -0.15) is 0 Å². The third-order valence-corrected chi connectivity index (χ3v) is 4.97. The molecule has 0 amide bonds. The Morgan fingerprint density at radius 3 is 2.65 bits per heavy atom. The zero-order valence-electron chi connectivity index (χ0n) is 15.3. The third kappa shape index (κ3) is 3.93. The van der Waals surface area contributed by atoms with Crippen LogP contribution in [0.2, 0.25) is 0 Å². The van der Waals surface area contributed by atoms with Crippen molar-refractivity contribution >= 4 is 39.9 Å². The summed E-state index contributed by atoms with van der Waals surface area (Å²) in [5.41, 5.74) is 1.86. The molecule has 0 aliphatic carbocycles. The van der Waals surface area contributed by atoms with Crippen molar-refractivity contribution in [2.75, 3.05) is 32.1 Å². The molecule has 1 aromatic heterocycles. The van der Waals surface area contributed by atoms with Crippen LogP contribution < -0.4 is 10.1 Å². The first-order valence-corrected chi connectivity index (χ1v) is 9.47. The van der Waals surface area contributed by atoms with Gasteiger partial charge in [0.25, 0.3) is 0 Å². The predicted molar refractivity (Wildman–Crippen MR) is 107 cm³/mol. The Morgan fingerprint density at radius 2 is 2.00 bits per heavy atom. The molecule has 0 bridgehead atoms. The first-order valence-electron chi connectivity index (χ1n) is 9.06. The van der Waals surface area contributed by atoms with E-state index in [2.05, 4.69) is 15.2 Å². The van der Waals surface area contributed by atoms with Crippen molar-refractivity contribution in [3.63, 3.8) is 0 Å². The molecule has 26 heavy (non-hydrogen) atoms. The first-order chi connectivity index (χ1) is 12.6. The number of nitrogens with one attached hydrogen (secondary N) is 2. The summed E-state index contributed by atoms with van der Waals surface area (Å²) in [6.07, 6.45) is 4.73. The molecule has 1 aromatic carbocycles. The number of ether oxygens (including phenoxy) is 2. The Labute approximate surface area is 158 Å². The summed E-state index contributed by atoms with van der Waals surface area (Å²) in [6.45, 7) is 3.98. The number of nitrogens with zero attached hydrogens (tertiary/aromatic N) is 1. The SMILES string of the molecule is CCOC(=O)c1[nH]c2ccc(OC)cc2c1NC(=S)N1CCCCCC1. The normalized spacial score (nSPS) is 14.8. The van der Waals surface area contributed by atoms with Gasteiger partial charge < -0.3 is 24.7 Å². The summed E-state index contributed by atoms with van der Waals surface area (Å²) >= 11 is 5.63. The van der Waals surface area contributed by atoms with E-state index in [0.717, 1.165) is 42.6 Å². The Morgan fingerprint density at radius 1 is 1.27 bits per heavy atom. The van der Waals surface area contributed by atoms with E-state index in [1.807, 2.05) is 18.2 Å². The molecule has 0 atom stereocenters. The Balaban J connectivity index is 1.96. The molecule has 3 rings (SSSR count). The number of thiocarbonyl (C=S) groups is 1. The fourth-order valence-electron chi connectivity index (χ4n) is 3.24. The van der Waals surface area contributed by atoms with Crippen LogP contribution in [0.25, 0.3) is 10.9 Å². The number of esters is 1. The van der Waals surface area contributed by atoms with Crippen molar-refractivity contribution in [3.8, 4) is 5.75 Å². The molecule has 6 nitrogen and oxygen atoms in total. The van der Waals surface area contributed by atoms with Gasteiger partial charge in [-0.1, -0.05) is 12.8 Å². The number of methoxy groups -OCH3 is 1. The van der Waals surface area contributed by atoms with Crippen LogP contribution in [0, 0.1) is 0 Å². The Kier molecular flexibility index (Phi) is 5.98. The van der Waals surface area contributed by atoms with Crippen LogP contribution in [-0.4, -0.2) is 47.8 Å². The fraction of sp³-hybridized carbons (Fsp3) is 0.474. The van der Waals surface area contributed by atoms with E-state index >= 15 is 0 Å². The molecule has 2 aromatic rings. The largest absolute Gasteiger partial charge is 0.497 e. The second kappa shape index (κ2) is 8.40. The topological polar surface area (TPSA) is 66.6 Å². The highest BCUT2D eigenvalue weighted by atomic mass is 32.1. The number of H-pyrrole nitrogens is 1. The average Bonchev–Trinajstić information content (AvgIpc) is 2.82. The molecule has 0 unspecified atom stereocenters. The van der Waals surface area contributed by atoms with E-state index in [-0.39, 0.29) is 0 Å². The number of anilines is 1. The van der Waals surface area contributed by atoms with Crippen molar-refractivity contribution < 1.29 is 14.3 Å². The van der Waals surface area contributed by atoms with Gasteiger partial charge in [0.2, 0.25) is 0 Å². The van der Waals surface area contributed by atoms with E-state index in [1.54, 1.807) is 14.0 Å². The highest BCUT2D eigenvalue weighted by molar-refractivity contribution is 7.80. The third-order valence-electron chi connectivity index (χ3n) is 4.61. The number of hydrogen-bond acceptors (Lipinski definition) is 4. The molecule has 0 saturated carbocycles. The van der Waals surface area contributed by atoms with Gasteiger partial charge >= 0.3 is 5.97 Å². The van der Waals surface area contributed by atoms with Gasteiger partial charge in [-0.15, -0.1) is 0 Å². The van der Waals surface area contributed by atoms with E-state index in [0.29, 0.717) is 23.1 Å². The summed E-state index contributed by atoms with van der Waals surface area (Å²) < 4.78 is 10.5. The van der Waals surface area contributed by atoms with Crippen LogP contribution in [-0.2, 0) is 4.74 Å². The number of aromatic nitrogens is 1. The van der Waals surface area contributed by atoms with Crippen LogP contribution in [0.3, 0.4) is 0 Å². The Hall–Kier alpha value is -2.28. The molecule has 7 heteroatoms. The van der Waals surface area contributed by atoms with Crippen molar-refractivity contribution in [1.82, 2.24) is 9.88 Å². The lowest BCUT2D eigenvalue weighted by Gasteiger charge is -2.24. The summed E-state index contributed by atoms with van der Waals surface area (Å²) in [4.78, 5) is 17.7. The average molecular weight is 375 g/mol. The van der Waals surface area contributed by atoms with Crippen LogP contribution in [0.4, 0.5) is 5.69 Å². The minimum Gasteiger partial charge on any atom is -0.497 e. The maximum absolute atomic E-state index is 12.4. The van der Waals surface area contributed by atoms with Crippen molar-refractivity contribution in [1.29, 1.82) is 0 Å². The smallest absolute Gasteiger partial charge is 0.356 e. The molecule has 1 aliphatic rings. The molecule has 2 heterocycles. The van der Waals surface area contributed by atoms with Gasteiger partial charge in [-0.25, -0.2) is 4.79 Å². The maximum atomic E-state index is 12.4. The minimum absolute atomic E-state index is 0.313. The standard InChI is InChI=1S/C19H25N3O3S/c1-3-25-18(23)17-16(14-12-13(24-2)8-9-15(14)20-17)21-19(26)22-10-6-4-5-7-11-22/h8-9,12,20H,3-7,10-11H2,1-2H3,(H,21,26). The van der Waals surface area contributed by atoms with Crippen LogP contribution in [0.1, 0.15) is 43.1 Å². The van der Waals surface area contributed by atoms with Crippen molar-refractivity contribution in [2.45, 2.75) is 32.6 Å². The molecule has 0 spiro atoms. The molecular weight excluding hydrogens is 350 g/mol. The van der Waals surface area contributed by atoms with E-state index in [9.17, 15) is 4.79 Å². The summed E-state index contributed by atoms with van der Waals surface area (Å²) in [7, 11) is 1.62. The lowest BCUT2D eigenvalue weighted by atomic mass is 10.2. The van der Waals surface area contributed by atoms with Crippen LogP contribution in [0.5, 0.6) is 5.75 Å². The second-order valence-corrected chi connectivity index (χ2v) is 6.73. The first kappa shape index (κ1) is 18.5. The van der Waals surface area contributed by atoms with E-state index < -0.39 is 5.97 Å². The quantitative estimate of drug-likeness (QED) is 0.624. The predicted octanol–water partition coefficient (Wildman–Crippen LogP) is 3.93. The van der Waals surface area contributed by atoms with Gasteiger partial charge in [0.05, 0.1) is 19.4 Å². The number of carbonyl (C=O) groups excluding carboxylic acids is 1. The zero-order chi connectivity index (χ0) is 18.5. The van der Waals surface area contributed by atoms with Gasteiger partial charge in [-0.3, -0.25) is 0 Å². The number of rotatable bonds is 4. The molecule has 0 radical (unpaired) electrons. The highest BCUT2D eigenvalue weighted by Gasteiger charge is 2.22. The molecular formula is C19H25N3O3S. The lowest BCUT2D eigenvalue weighted by Crippen LogP contribution is -2.35. The molecule has 1 fully saturated rings. The van der Waals surface area contributed by atoms with E-state index in [4.69, 9.17) is 21.7 Å². The fourth-order valence-corrected chi connectivity index (χ4v) is 3.53. The monoisotopic (exact) mass is 375 g/mol. The van der Waals surface area contributed by atoms with Gasteiger partial charge in [0.15, 0.2) is 5.11 Å². The highest BCUT2D eigenvalue weighted by Crippen LogP contribution is 2.32. The molecule has 140 valence electrons. The second-order valence-electron chi connectivity index (χ2n) is 6.34. The van der Waals surface area contributed by atoms with Gasteiger partial charge in [0.1, 0.15) is 11.4 Å². The van der Waals surface area contributed by atoms with Crippen LogP contribution in [0.15, 0.2) is 18.2 Å². The summed E-state index contributed by atoms with van der Waals surface area (Å²) in [5, 5.41) is 4.78. The molecule has 1 saturated heterocycles. The molecule has 2 N–H and O–H groups in total. The number of hydrogen-bond donors (Lipinski definition) is 2. The lowest BCUT2D eigenvalue weighted by molar-refractivity contribution is 0.0522. The van der Waals surface area contributed by atoms with E-state index in [1.165, 1.54) is 12.8 Å². The number of benzene rings is 1. The minimum atomic E-state index is -0.399. The Bertz CT molecular complexity index is 795. The van der Waals surface area contributed by atoms with Crippen molar-refractivity contribution in [3.05, 3.63) is 23.9 Å². The maximum Gasteiger partial charge on any atom is 0.356 e. The summed E-state index contributed by atoms with van der Waals surface area (Å²) in [5.74, 6) is 0.319.